The van der Waals surface area contributed by atoms with Gasteiger partial charge in [-0.2, -0.15) is 4.98 Å². The van der Waals surface area contributed by atoms with Gasteiger partial charge in [0.1, 0.15) is 5.82 Å². The summed E-state index contributed by atoms with van der Waals surface area (Å²) >= 11 is 1.62. The Labute approximate surface area is 229 Å². The summed E-state index contributed by atoms with van der Waals surface area (Å²) in [6.45, 7) is 5.99. The maximum atomic E-state index is 14.4. The smallest absolute Gasteiger partial charge is 0.268 e. The van der Waals surface area contributed by atoms with Crippen molar-refractivity contribution in [2.45, 2.75) is 24.8 Å². The molecule has 2 aromatic carbocycles. The van der Waals surface area contributed by atoms with E-state index in [1.54, 1.807) is 41.7 Å². The van der Waals surface area contributed by atoms with Crippen molar-refractivity contribution >= 4 is 53.4 Å². The van der Waals surface area contributed by atoms with Crippen LogP contribution < -0.4 is 9.80 Å². The molecule has 0 atom stereocenters. The van der Waals surface area contributed by atoms with E-state index in [0.29, 0.717) is 55.0 Å². The zero-order valence-electron chi connectivity index (χ0n) is 21.3. The number of aromatic nitrogens is 3. The number of aryl methyl sites for hydroxylation is 1. The molecule has 1 saturated heterocycles. The van der Waals surface area contributed by atoms with Crippen molar-refractivity contribution in [1.29, 1.82) is 0 Å². The van der Waals surface area contributed by atoms with E-state index in [4.69, 9.17) is 9.72 Å². The molecule has 200 valence electrons. The van der Waals surface area contributed by atoms with Gasteiger partial charge in [0.15, 0.2) is 10.8 Å². The minimum Gasteiger partial charge on any atom is -0.378 e. The van der Waals surface area contributed by atoms with E-state index in [0.717, 1.165) is 39.7 Å². The van der Waals surface area contributed by atoms with Crippen LogP contribution in [0.2, 0.25) is 0 Å². The third-order valence-corrected chi connectivity index (χ3v) is 10.3. The number of rotatable bonds is 4. The first-order chi connectivity index (χ1) is 18.9. The lowest BCUT2D eigenvalue weighted by Crippen LogP contribution is -2.36. The average molecular weight is 564 g/mol. The van der Waals surface area contributed by atoms with Crippen LogP contribution in [0, 0.1) is 12.7 Å². The maximum Gasteiger partial charge on any atom is 0.268 e. The number of pyridine rings is 1. The monoisotopic (exact) mass is 563 g/mol. The standard InChI is InChI=1S/C28H26FN5O3S2/c1-18-2-5-21(6-3-18)39(35,36)34-24-7-4-19(29)14-22(24)23-17-33(9-8-25(23)34)20-15-26-27(30-16-20)31-28(38-26)32-10-12-37-13-11-32/h2-7,14-16H,8-13,17H2,1H3. The van der Waals surface area contributed by atoms with Crippen molar-refractivity contribution in [3.63, 3.8) is 0 Å². The number of halogens is 1. The molecule has 5 aromatic rings. The maximum absolute atomic E-state index is 14.4. The van der Waals surface area contributed by atoms with Crippen LogP contribution >= 0.6 is 11.3 Å². The molecular weight excluding hydrogens is 537 g/mol. The lowest BCUT2D eigenvalue weighted by atomic mass is 10.0. The Morgan fingerprint density at radius 3 is 2.59 bits per heavy atom. The Hall–Kier alpha value is -3.54. The molecule has 2 aliphatic rings. The van der Waals surface area contributed by atoms with Crippen molar-refractivity contribution in [1.82, 2.24) is 13.9 Å². The number of benzene rings is 2. The van der Waals surface area contributed by atoms with Gasteiger partial charge in [-0.15, -0.1) is 0 Å². The summed E-state index contributed by atoms with van der Waals surface area (Å²) in [6, 6.07) is 13.3. The average Bonchev–Trinajstić information content (AvgIpc) is 3.52. The largest absolute Gasteiger partial charge is 0.378 e. The summed E-state index contributed by atoms with van der Waals surface area (Å²) in [6.07, 6.45) is 2.31. The summed E-state index contributed by atoms with van der Waals surface area (Å²) < 4.78 is 50.0. The third kappa shape index (κ3) is 4.16. The van der Waals surface area contributed by atoms with E-state index in [9.17, 15) is 12.8 Å². The van der Waals surface area contributed by atoms with Crippen molar-refractivity contribution in [2.75, 3.05) is 42.6 Å². The fourth-order valence-electron chi connectivity index (χ4n) is 5.46. The molecule has 8 nitrogen and oxygen atoms in total. The van der Waals surface area contributed by atoms with Gasteiger partial charge in [0.2, 0.25) is 0 Å². The SMILES string of the molecule is Cc1ccc(S(=O)(=O)n2c3c(c4cc(F)ccc42)CN(c2cnc4nc(N5CCOCC5)sc4c2)CC3)cc1. The number of anilines is 2. The molecule has 0 amide bonds. The van der Waals surface area contributed by atoms with Gasteiger partial charge in [-0.1, -0.05) is 29.0 Å². The molecule has 0 N–H and O–H groups in total. The second kappa shape index (κ2) is 9.29. The number of hydrogen-bond donors (Lipinski definition) is 0. The summed E-state index contributed by atoms with van der Waals surface area (Å²) in [7, 11) is -3.87. The Morgan fingerprint density at radius 1 is 1.00 bits per heavy atom. The van der Waals surface area contributed by atoms with Crippen LogP contribution in [0.4, 0.5) is 15.2 Å². The van der Waals surface area contributed by atoms with Crippen molar-refractivity contribution in [3.8, 4) is 0 Å². The van der Waals surface area contributed by atoms with Gasteiger partial charge in [-0.05, 0) is 43.3 Å². The second-order valence-electron chi connectivity index (χ2n) is 9.95. The molecule has 2 aliphatic heterocycles. The zero-order valence-corrected chi connectivity index (χ0v) is 22.9. The number of nitrogens with zero attached hydrogens (tertiary/aromatic N) is 5. The van der Waals surface area contributed by atoms with Crippen molar-refractivity contribution < 1.29 is 17.5 Å². The van der Waals surface area contributed by atoms with Gasteiger partial charge >= 0.3 is 0 Å². The van der Waals surface area contributed by atoms with E-state index in [2.05, 4.69) is 20.9 Å². The quantitative estimate of drug-likeness (QED) is 0.313. The fourth-order valence-corrected chi connectivity index (χ4v) is 8.07. The number of morpholine rings is 1. The lowest BCUT2D eigenvalue weighted by molar-refractivity contribution is 0.122. The molecule has 0 spiro atoms. The third-order valence-electron chi connectivity index (χ3n) is 7.49. The van der Waals surface area contributed by atoms with Gasteiger partial charge in [-0.3, -0.25) is 0 Å². The molecule has 3 aromatic heterocycles. The first-order valence-electron chi connectivity index (χ1n) is 12.9. The number of ether oxygens (including phenoxy) is 1. The van der Waals surface area contributed by atoms with Gasteiger partial charge in [0, 0.05) is 49.2 Å². The summed E-state index contributed by atoms with van der Waals surface area (Å²) in [5.41, 5.74) is 4.65. The van der Waals surface area contributed by atoms with Crippen molar-refractivity contribution in [3.05, 3.63) is 77.4 Å². The predicted octanol–water partition coefficient (Wildman–Crippen LogP) is 4.73. The summed E-state index contributed by atoms with van der Waals surface area (Å²) in [5, 5.41) is 1.56. The Balaban J connectivity index is 1.28. The topological polar surface area (TPSA) is 80.6 Å². The summed E-state index contributed by atoms with van der Waals surface area (Å²) in [4.78, 5) is 14.0. The van der Waals surface area contributed by atoms with E-state index in [-0.39, 0.29) is 4.90 Å². The molecule has 0 unspecified atom stereocenters. The molecule has 0 bridgehead atoms. The summed E-state index contributed by atoms with van der Waals surface area (Å²) in [5.74, 6) is -0.393. The van der Waals surface area contributed by atoms with Crippen LogP contribution in [0.5, 0.6) is 0 Å². The van der Waals surface area contributed by atoms with Crippen LogP contribution in [0.25, 0.3) is 21.3 Å². The molecule has 11 heteroatoms. The number of thiazole rings is 1. The highest BCUT2D eigenvalue weighted by Crippen LogP contribution is 2.37. The number of fused-ring (bicyclic) bond motifs is 4. The molecule has 0 radical (unpaired) electrons. The minimum atomic E-state index is -3.87. The van der Waals surface area contributed by atoms with Crippen LogP contribution in [0.15, 0.2) is 59.6 Å². The van der Waals surface area contributed by atoms with E-state index in [1.165, 1.54) is 16.1 Å². The molecule has 0 aliphatic carbocycles. The molecule has 39 heavy (non-hydrogen) atoms. The van der Waals surface area contributed by atoms with Crippen LogP contribution in [0.3, 0.4) is 0 Å². The fraction of sp³-hybridized carbons (Fsp3) is 0.286. The lowest BCUT2D eigenvalue weighted by Gasteiger charge is -2.29. The predicted molar refractivity (Wildman–Crippen MR) is 151 cm³/mol. The molecule has 0 saturated carbocycles. The molecular formula is C28H26FN5O3S2. The zero-order chi connectivity index (χ0) is 26.7. The van der Waals surface area contributed by atoms with Gasteiger partial charge in [0.25, 0.3) is 10.0 Å². The Bertz CT molecular complexity index is 1830. The first-order valence-corrected chi connectivity index (χ1v) is 15.1. The highest BCUT2D eigenvalue weighted by molar-refractivity contribution is 7.90. The van der Waals surface area contributed by atoms with Crippen LogP contribution in [-0.4, -0.2) is 55.2 Å². The first kappa shape index (κ1) is 24.5. The van der Waals surface area contributed by atoms with Gasteiger partial charge < -0.3 is 14.5 Å². The van der Waals surface area contributed by atoms with E-state index >= 15 is 0 Å². The number of hydrogen-bond acceptors (Lipinski definition) is 8. The Kier molecular flexibility index (Phi) is 5.83. The molecule has 5 heterocycles. The normalized spacial score (nSPS) is 16.3. The van der Waals surface area contributed by atoms with Crippen molar-refractivity contribution in [2.24, 2.45) is 0 Å². The van der Waals surface area contributed by atoms with Gasteiger partial charge in [-0.25, -0.2) is 21.8 Å². The highest BCUT2D eigenvalue weighted by atomic mass is 32.2. The van der Waals surface area contributed by atoms with Crippen LogP contribution in [-0.2, 0) is 27.7 Å². The van der Waals surface area contributed by atoms with Crippen LogP contribution in [0.1, 0.15) is 16.8 Å². The van der Waals surface area contributed by atoms with E-state index in [1.807, 2.05) is 13.1 Å². The Morgan fingerprint density at radius 2 is 1.79 bits per heavy atom. The van der Waals surface area contributed by atoms with E-state index < -0.39 is 15.8 Å². The molecule has 7 rings (SSSR count). The minimum absolute atomic E-state index is 0.218. The van der Waals surface area contributed by atoms with Gasteiger partial charge in [0.05, 0.1) is 40.2 Å². The highest BCUT2D eigenvalue weighted by Gasteiger charge is 2.31. The second-order valence-corrected chi connectivity index (χ2v) is 12.7. The molecule has 1 fully saturated rings.